The Morgan fingerprint density at radius 2 is 1.84 bits per heavy atom. The van der Waals surface area contributed by atoms with E-state index < -0.39 is 5.91 Å². The molecule has 1 amide bonds. The first kappa shape index (κ1) is 23.2. The highest BCUT2D eigenvalue weighted by atomic mass is 16.3. The molecule has 1 saturated carbocycles. The first-order valence-corrected chi connectivity index (χ1v) is 12.7. The van der Waals surface area contributed by atoms with E-state index in [0.29, 0.717) is 11.3 Å². The number of aromatic nitrogens is 3. The van der Waals surface area contributed by atoms with E-state index in [0.717, 1.165) is 70.0 Å². The maximum absolute atomic E-state index is 12.2. The zero-order valence-corrected chi connectivity index (χ0v) is 20.7. The number of aryl methyl sites for hydroxylation is 1. The monoisotopic (exact) mass is 491 g/mol. The number of hydrogen-bond acceptors (Lipinski definition) is 5. The molecule has 5 aromatic rings. The molecule has 0 bridgehead atoms. The number of rotatable bonds is 5. The van der Waals surface area contributed by atoms with Crippen LogP contribution in [0.3, 0.4) is 0 Å². The second-order valence-corrected chi connectivity index (χ2v) is 9.86. The molecular formula is C30H29N5O2. The zero-order valence-electron chi connectivity index (χ0n) is 20.7. The minimum absolute atomic E-state index is 0.180. The van der Waals surface area contributed by atoms with Crippen molar-refractivity contribution in [2.75, 3.05) is 5.32 Å². The number of amides is 1. The van der Waals surface area contributed by atoms with Gasteiger partial charge in [0.25, 0.3) is 5.91 Å². The third-order valence-corrected chi connectivity index (χ3v) is 7.35. The predicted molar refractivity (Wildman–Crippen MR) is 147 cm³/mol. The maximum Gasteiger partial charge on any atom is 0.250 e. The number of carbonyl (C=O) groups is 1. The van der Waals surface area contributed by atoms with E-state index in [1.165, 1.54) is 0 Å². The Kier molecular flexibility index (Phi) is 5.85. The Morgan fingerprint density at radius 3 is 2.65 bits per heavy atom. The summed E-state index contributed by atoms with van der Waals surface area (Å²) < 4.78 is 1.92. The fourth-order valence-corrected chi connectivity index (χ4v) is 5.44. The van der Waals surface area contributed by atoms with E-state index in [2.05, 4.69) is 34.6 Å². The topological polar surface area (TPSA) is 106 Å². The number of aliphatic hydroxyl groups is 1. The number of fused-ring (bicyclic) bond motifs is 2. The van der Waals surface area contributed by atoms with Crippen LogP contribution >= 0.6 is 0 Å². The molecule has 7 heteroatoms. The summed E-state index contributed by atoms with van der Waals surface area (Å²) in [5.74, 6) is -0.475. The molecule has 6 rings (SSSR count). The summed E-state index contributed by atoms with van der Waals surface area (Å²) in [5, 5.41) is 20.4. The molecule has 0 atom stereocenters. The number of hydrogen-bond donors (Lipinski definition) is 3. The van der Waals surface area contributed by atoms with Gasteiger partial charge in [0.05, 0.1) is 34.1 Å². The molecule has 0 unspecified atom stereocenters. The van der Waals surface area contributed by atoms with Crippen LogP contribution in [0, 0.1) is 6.92 Å². The molecule has 0 aliphatic heterocycles. The lowest BCUT2D eigenvalue weighted by Gasteiger charge is -2.27. The number of para-hydroxylation sites is 1. The molecule has 3 aromatic carbocycles. The molecule has 186 valence electrons. The Hall–Kier alpha value is -4.23. The van der Waals surface area contributed by atoms with Gasteiger partial charge in [0.2, 0.25) is 0 Å². The highest BCUT2D eigenvalue weighted by molar-refractivity contribution is 6.00. The molecule has 0 spiro atoms. The van der Waals surface area contributed by atoms with Crippen LogP contribution in [-0.2, 0) is 0 Å². The summed E-state index contributed by atoms with van der Waals surface area (Å²) in [6, 6.07) is 22.2. The average molecular weight is 492 g/mol. The Labute approximate surface area is 214 Å². The predicted octanol–water partition coefficient (Wildman–Crippen LogP) is 5.36. The summed E-state index contributed by atoms with van der Waals surface area (Å²) in [6.45, 7) is 2.01. The lowest BCUT2D eigenvalue weighted by atomic mass is 9.92. The fraction of sp³-hybridized carbons (Fsp3) is 0.233. The van der Waals surface area contributed by atoms with Crippen LogP contribution in [0.5, 0.6) is 0 Å². The number of benzene rings is 3. The van der Waals surface area contributed by atoms with E-state index in [-0.39, 0.29) is 12.1 Å². The number of carbonyl (C=O) groups excluding carboxylic acids is 1. The van der Waals surface area contributed by atoms with Gasteiger partial charge < -0.3 is 16.2 Å². The third kappa shape index (κ3) is 4.32. The van der Waals surface area contributed by atoms with Gasteiger partial charge in [0.1, 0.15) is 0 Å². The van der Waals surface area contributed by atoms with Crippen molar-refractivity contribution < 1.29 is 9.90 Å². The first-order chi connectivity index (χ1) is 18.0. The second-order valence-electron chi connectivity index (χ2n) is 9.86. The van der Waals surface area contributed by atoms with Gasteiger partial charge in [-0.15, -0.1) is 0 Å². The summed E-state index contributed by atoms with van der Waals surface area (Å²) in [5.41, 5.74) is 12.7. The summed E-state index contributed by atoms with van der Waals surface area (Å²) >= 11 is 0. The normalized spacial score (nSPS) is 17.8. The Bertz CT molecular complexity index is 1630. The van der Waals surface area contributed by atoms with Crippen LogP contribution < -0.4 is 11.1 Å². The van der Waals surface area contributed by atoms with Crippen LogP contribution in [0.1, 0.15) is 41.7 Å². The van der Waals surface area contributed by atoms with Gasteiger partial charge in [-0.3, -0.25) is 9.78 Å². The van der Waals surface area contributed by atoms with Gasteiger partial charge in [0, 0.05) is 34.3 Å². The van der Waals surface area contributed by atoms with Crippen LogP contribution in [0.2, 0.25) is 0 Å². The average Bonchev–Trinajstić information content (AvgIpc) is 3.26. The van der Waals surface area contributed by atoms with Gasteiger partial charge in [-0.25, -0.2) is 4.68 Å². The van der Waals surface area contributed by atoms with Gasteiger partial charge in [0.15, 0.2) is 0 Å². The third-order valence-electron chi connectivity index (χ3n) is 7.35. The van der Waals surface area contributed by atoms with Crippen molar-refractivity contribution in [2.24, 2.45) is 5.73 Å². The molecule has 37 heavy (non-hydrogen) atoms. The van der Waals surface area contributed by atoms with Crippen molar-refractivity contribution in [3.05, 3.63) is 84.2 Å². The minimum Gasteiger partial charge on any atom is -0.393 e. The molecule has 4 N–H and O–H groups in total. The number of nitrogens with zero attached hydrogens (tertiary/aromatic N) is 3. The number of pyridine rings is 1. The molecule has 1 aliphatic carbocycles. The lowest BCUT2D eigenvalue weighted by molar-refractivity contribution is 0.100. The molecule has 0 saturated heterocycles. The Balaban J connectivity index is 1.43. The van der Waals surface area contributed by atoms with E-state index in [1.807, 2.05) is 54.2 Å². The molecule has 2 heterocycles. The smallest absolute Gasteiger partial charge is 0.250 e. The van der Waals surface area contributed by atoms with Crippen molar-refractivity contribution in [1.29, 1.82) is 0 Å². The molecular weight excluding hydrogens is 462 g/mol. The second kappa shape index (κ2) is 9.33. The molecule has 7 nitrogen and oxygen atoms in total. The van der Waals surface area contributed by atoms with Crippen LogP contribution in [0.25, 0.3) is 38.6 Å². The number of nitrogens with one attached hydrogen (secondary N) is 1. The van der Waals surface area contributed by atoms with Crippen LogP contribution in [-0.4, -0.2) is 37.9 Å². The van der Waals surface area contributed by atoms with Gasteiger partial charge in [-0.2, -0.15) is 5.10 Å². The molecule has 1 aliphatic rings. The van der Waals surface area contributed by atoms with Crippen LogP contribution in [0.4, 0.5) is 5.69 Å². The van der Waals surface area contributed by atoms with Gasteiger partial charge in [-0.05, 0) is 74.6 Å². The summed E-state index contributed by atoms with van der Waals surface area (Å²) in [4.78, 5) is 16.9. The Morgan fingerprint density at radius 1 is 1.03 bits per heavy atom. The SMILES string of the molecule is Cc1nn(-c2ccc(C(N)=O)c(N[C@H]3CC[C@H](O)CC3)c2)c2cccc(-c3cnc4ccccc4c3)c12. The van der Waals surface area contributed by atoms with Crippen LogP contribution in [0.15, 0.2) is 72.9 Å². The van der Waals surface area contributed by atoms with Crippen molar-refractivity contribution >= 4 is 33.4 Å². The number of anilines is 1. The van der Waals surface area contributed by atoms with E-state index >= 15 is 0 Å². The first-order valence-electron chi connectivity index (χ1n) is 12.7. The zero-order chi connectivity index (χ0) is 25.5. The van der Waals surface area contributed by atoms with E-state index in [1.54, 1.807) is 6.07 Å². The number of primary amides is 1. The van der Waals surface area contributed by atoms with Gasteiger partial charge >= 0.3 is 0 Å². The van der Waals surface area contributed by atoms with E-state index in [9.17, 15) is 9.90 Å². The maximum atomic E-state index is 12.2. The minimum atomic E-state index is -0.475. The number of aliphatic hydroxyl groups excluding tert-OH is 1. The highest BCUT2D eigenvalue weighted by Gasteiger charge is 2.22. The van der Waals surface area contributed by atoms with E-state index in [4.69, 9.17) is 10.8 Å². The lowest BCUT2D eigenvalue weighted by Crippen LogP contribution is -2.29. The van der Waals surface area contributed by atoms with Gasteiger partial charge in [-0.1, -0.05) is 30.3 Å². The standard InChI is InChI=1S/C30H29N5O2/c1-18-29-24(20-15-19-5-2-3-7-26(19)32-17-20)6-4-8-28(29)35(34-18)22-11-14-25(30(31)37)27(16-22)33-21-9-12-23(36)13-10-21/h2-8,11,14-17,21,23,33,36H,9-10,12-13H2,1H3,(H2,31,37)/t21-,23-. The van der Waals surface area contributed by atoms with Crippen molar-refractivity contribution in [2.45, 2.75) is 44.8 Å². The van der Waals surface area contributed by atoms with Crippen molar-refractivity contribution in [1.82, 2.24) is 14.8 Å². The van der Waals surface area contributed by atoms with Crippen molar-refractivity contribution in [3.8, 4) is 16.8 Å². The fourth-order valence-electron chi connectivity index (χ4n) is 5.44. The largest absolute Gasteiger partial charge is 0.393 e. The molecule has 2 aromatic heterocycles. The highest BCUT2D eigenvalue weighted by Crippen LogP contribution is 2.34. The summed E-state index contributed by atoms with van der Waals surface area (Å²) in [6.07, 6.45) is 4.86. The quantitative estimate of drug-likeness (QED) is 0.307. The summed E-state index contributed by atoms with van der Waals surface area (Å²) in [7, 11) is 0. The van der Waals surface area contributed by atoms with Crippen molar-refractivity contribution in [3.63, 3.8) is 0 Å². The number of nitrogens with two attached hydrogens (primary N) is 1. The molecule has 0 radical (unpaired) electrons. The molecule has 1 fully saturated rings.